The highest BCUT2D eigenvalue weighted by Crippen LogP contribution is 2.32. The number of hydrogen-bond acceptors (Lipinski definition) is 10. The van der Waals surface area contributed by atoms with Crippen LogP contribution in [0.15, 0.2) is 49.2 Å². The van der Waals surface area contributed by atoms with Crippen LogP contribution < -0.4 is 19.7 Å². The Bertz CT molecular complexity index is 1300. The van der Waals surface area contributed by atoms with E-state index in [2.05, 4.69) is 15.3 Å². The first-order chi connectivity index (χ1) is 19.5. The van der Waals surface area contributed by atoms with Crippen molar-refractivity contribution in [1.82, 2.24) is 29.7 Å². The predicted molar refractivity (Wildman–Crippen MR) is 144 cm³/mol. The molecule has 2 aliphatic heterocycles. The second kappa shape index (κ2) is 12.6. The lowest BCUT2D eigenvalue weighted by Crippen LogP contribution is -2.56. The topological polar surface area (TPSA) is 133 Å². The summed E-state index contributed by atoms with van der Waals surface area (Å²) in [5, 5.41) is 3.08. The van der Waals surface area contributed by atoms with Gasteiger partial charge in [-0.3, -0.25) is 9.36 Å². The molecule has 2 amide bonds. The Kier molecular flexibility index (Phi) is 8.59. The van der Waals surface area contributed by atoms with Crippen LogP contribution >= 0.6 is 0 Å². The highest BCUT2D eigenvalue weighted by atomic mass is 16.6. The maximum Gasteiger partial charge on any atom is 0.409 e. The van der Waals surface area contributed by atoms with Crippen LogP contribution in [0, 0.1) is 0 Å². The second-order valence-corrected chi connectivity index (χ2v) is 9.48. The molecule has 4 heterocycles. The van der Waals surface area contributed by atoms with E-state index in [-0.39, 0.29) is 31.0 Å². The van der Waals surface area contributed by atoms with Gasteiger partial charge in [-0.1, -0.05) is 6.07 Å². The number of methoxy groups -OCH3 is 1. The number of piperazine rings is 1. The molecule has 0 bridgehead atoms. The van der Waals surface area contributed by atoms with E-state index in [1.54, 1.807) is 47.6 Å². The molecule has 1 saturated heterocycles. The normalized spacial score (nSPS) is 17.3. The number of carbonyl (C=O) groups excluding carboxylic acids is 2. The summed E-state index contributed by atoms with van der Waals surface area (Å²) in [7, 11) is 1.55. The van der Waals surface area contributed by atoms with E-state index in [4.69, 9.17) is 23.9 Å². The lowest BCUT2D eigenvalue weighted by atomic mass is 10.1. The predicted octanol–water partition coefficient (Wildman–Crippen LogP) is 1.97. The van der Waals surface area contributed by atoms with Crippen LogP contribution in [0.1, 0.15) is 24.9 Å². The molecule has 0 radical (unpaired) electrons. The van der Waals surface area contributed by atoms with Crippen LogP contribution in [0.5, 0.6) is 11.5 Å². The van der Waals surface area contributed by atoms with Crippen molar-refractivity contribution in [2.75, 3.05) is 58.1 Å². The summed E-state index contributed by atoms with van der Waals surface area (Å²) in [5.74, 6) is 2.33. The molecule has 40 heavy (non-hydrogen) atoms. The van der Waals surface area contributed by atoms with Gasteiger partial charge in [0.25, 0.3) is 0 Å². The number of ether oxygens (including phenoxy) is 4. The number of hydrogen-bond donors (Lipinski definition) is 1. The molecule has 212 valence electrons. The van der Waals surface area contributed by atoms with Crippen LogP contribution in [0.4, 0.5) is 10.6 Å². The van der Waals surface area contributed by atoms with E-state index >= 15 is 0 Å². The van der Waals surface area contributed by atoms with Gasteiger partial charge in [0.1, 0.15) is 32.0 Å². The lowest BCUT2D eigenvalue weighted by molar-refractivity contribution is -0.122. The number of nitrogens with one attached hydrogen (secondary N) is 1. The molecule has 3 aromatic rings. The van der Waals surface area contributed by atoms with Gasteiger partial charge in [0.2, 0.25) is 11.9 Å². The van der Waals surface area contributed by atoms with E-state index in [1.807, 2.05) is 30.0 Å². The monoisotopic (exact) mass is 551 g/mol. The molecule has 0 saturated carbocycles. The number of imidazole rings is 1. The number of carbonyl (C=O) groups is 2. The third kappa shape index (κ3) is 6.42. The number of aromatic nitrogens is 4. The molecule has 5 rings (SSSR count). The van der Waals surface area contributed by atoms with Crippen LogP contribution in [0.25, 0.3) is 5.95 Å². The molecule has 13 heteroatoms. The highest BCUT2D eigenvalue weighted by Gasteiger charge is 2.33. The Hall–Kier alpha value is -4.39. The first-order valence-corrected chi connectivity index (χ1v) is 13.2. The number of anilines is 1. The number of benzene rings is 1. The maximum atomic E-state index is 13.3. The molecule has 2 unspecified atom stereocenters. The van der Waals surface area contributed by atoms with Crippen LogP contribution in [0.2, 0.25) is 0 Å². The fourth-order valence-electron chi connectivity index (χ4n) is 4.73. The summed E-state index contributed by atoms with van der Waals surface area (Å²) < 4.78 is 23.3. The summed E-state index contributed by atoms with van der Waals surface area (Å²) in [4.78, 5) is 42.8. The zero-order valence-corrected chi connectivity index (χ0v) is 22.6. The van der Waals surface area contributed by atoms with Crippen LogP contribution in [-0.4, -0.2) is 95.6 Å². The van der Waals surface area contributed by atoms with Crippen molar-refractivity contribution >= 4 is 17.8 Å². The molecule has 2 aliphatic rings. The molecule has 0 spiro atoms. The first-order valence-electron chi connectivity index (χ1n) is 13.2. The summed E-state index contributed by atoms with van der Waals surface area (Å²) in [5.41, 5.74) is 0.905. The van der Waals surface area contributed by atoms with Gasteiger partial charge in [-0.15, -0.1) is 0 Å². The molecule has 1 fully saturated rings. The number of amides is 2. The Labute approximate surface area is 232 Å². The molecule has 1 N–H and O–H groups in total. The largest absolute Gasteiger partial charge is 0.486 e. The van der Waals surface area contributed by atoms with Crippen molar-refractivity contribution in [3.8, 4) is 17.4 Å². The third-order valence-corrected chi connectivity index (χ3v) is 6.78. The van der Waals surface area contributed by atoms with E-state index in [0.29, 0.717) is 62.7 Å². The van der Waals surface area contributed by atoms with E-state index in [9.17, 15) is 9.59 Å². The van der Waals surface area contributed by atoms with Gasteiger partial charge in [0.05, 0.1) is 18.7 Å². The quantitative estimate of drug-likeness (QED) is 0.394. The summed E-state index contributed by atoms with van der Waals surface area (Å²) in [6.07, 6.45) is 6.41. The Morgan fingerprint density at radius 3 is 2.77 bits per heavy atom. The zero-order valence-electron chi connectivity index (χ0n) is 22.6. The van der Waals surface area contributed by atoms with Crippen molar-refractivity contribution in [3.05, 3.63) is 54.7 Å². The van der Waals surface area contributed by atoms with Gasteiger partial charge in [0.15, 0.2) is 11.5 Å². The van der Waals surface area contributed by atoms with Gasteiger partial charge >= 0.3 is 6.09 Å². The van der Waals surface area contributed by atoms with Crippen molar-refractivity contribution < 1.29 is 28.5 Å². The zero-order chi connectivity index (χ0) is 27.9. The second-order valence-electron chi connectivity index (χ2n) is 9.48. The first kappa shape index (κ1) is 27.2. The van der Waals surface area contributed by atoms with Crippen LogP contribution in [-0.2, 0) is 14.3 Å². The van der Waals surface area contributed by atoms with E-state index in [1.165, 1.54) is 0 Å². The standard InChI is InChI=1S/C27H33N7O6/c1-19(20-3-4-22-23(15-20)39-14-13-38-22)30-25(35)16-21-17-32(27(36)40-12-11-37-2)9-10-34(21)24-5-6-29-26(31-24)33-8-7-28-18-33/h3-8,15,18-19,21H,9-14,16-17H2,1-2H3,(H,30,35). The Morgan fingerprint density at radius 2 is 1.98 bits per heavy atom. The lowest BCUT2D eigenvalue weighted by Gasteiger charge is -2.41. The van der Waals surface area contributed by atoms with Crippen molar-refractivity contribution in [1.29, 1.82) is 0 Å². The van der Waals surface area contributed by atoms with Gasteiger partial charge in [0, 0.05) is 51.8 Å². The Balaban J connectivity index is 1.30. The van der Waals surface area contributed by atoms with E-state index < -0.39 is 6.09 Å². The summed E-state index contributed by atoms with van der Waals surface area (Å²) in [6.45, 7) is 4.58. The molecule has 13 nitrogen and oxygen atoms in total. The summed E-state index contributed by atoms with van der Waals surface area (Å²) in [6, 6.07) is 6.86. The molecule has 2 atom stereocenters. The number of nitrogens with zero attached hydrogens (tertiary/aromatic N) is 6. The molecular formula is C27H33N7O6. The fraction of sp³-hybridized carbons (Fsp3) is 0.444. The Morgan fingerprint density at radius 1 is 1.12 bits per heavy atom. The third-order valence-electron chi connectivity index (χ3n) is 6.78. The van der Waals surface area contributed by atoms with Crippen molar-refractivity contribution in [2.45, 2.75) is 25.4 Å². The number of fused-ring (bicyclic) bond motifs is 1. The molecular weight excluding hydrogens is 518 g/mol. The fourth-order valence-corrected chi connectivity index (χ4v) is 4.73. The van der Waals surface area contributed by atoms with Gasteiger partial charge in [-0.05, 0) is 30.7 Å². The van der Waals surface area contributed by atoms with Crippen LogP contribution in [0.3, 0.4) is 0 Å². The minimum absolute atomic E-state index is 0.140. The number of rotatable bonds is 9. The maximum absolute atomic E-state index is 13.3. The minimum Gasteiger partial charge on any atom is -0.486 e. The molecule has 0 aliphatic carbocycles. The van der Waals surface area contributed by atoms with Gasteiger partial charge in [-0.25, -0.2) is 14.8 Å². The average molecular weight is 552 g/mol. The summed E-state index contributed by atoms with van der Waals surface area (Å²) >= 11 is 0. The smallest absolute Gasteiger partial charge is 0.409 e. The van der Waals surface area contributed by atoms with Crippen molar-refractivity contribution in [2.24, 2.45) is 0 Å². The van der Waals surface area contributed by atoms with Gasteiger partial charge in [-0.2, -0.15) is 4.98 Å². The minimum atomic E-state index is -0.437. The van der Waals surface area contributed by atoms with E-state index in [0.717, 1.165) is 5.56 Å². The van der Waals surface area contributed by atoms with Gasteiger partial charge < -0.3 is 34.1 Å². The van der Waals surface area contributed by atoms with Crippen molar-refractivity contribution in [3.63, 3.8) is 0 Å². The molecule has 1 aromatic carbocycles. The molecule has 2 aromatic heterocycles. The SMILES string of the molecule is COCCOC(=O)N1CCN(c2ccnc(-n3ccnc3)n2)C(CC(=O)NC(C)c2ccc3c(c2)OCCO3)C1. The average Bonchev–Trinajstić information content (AvgIpc) is 3.52. The highest BCUT2D eigenvalue weighted by molar-refractivity contribution is 5.78.